The highest BCUT2D eigenvalue weighted by Gasteiger charge is 2.16. The minimum atomic E-state index is -0.198. The van der Waals surface area contributed by atoms with Gasteiger partial charge < -0.3 is 4.90 Å². The average Bonchev–Trinajstić information content (AvgIpc) is 2.82. The van der Waals surface area contributed by atoms with E-state index in [1.807, 2.05) is 42.5 Å². The van der Waals surface area contributed by atoms with Crippen molar-refractivity contribution in [2.45, 2.75) is 13.1 Å². The molecule has 0 spiro atoms. The molecule has 24 heavy (non-hydrogen) atoms. The van der Waals surface area contributed by atoms with E-state index in [2.05, 4.69) is 0 Å². The van der Waals surface area contributed by atoms with Gasteiger partial charge in [-0.05, 0) is 23.8 Å². The standard InChI is InChI=1S/C18H18ClN3O2/c1-20(11-13-7-3-4-8-14(13)19)17(23)12-22-16-10-6-5-9-15(16)21(2)18(22)24/h3-10H,11-12H2,1-2H3. The largest absolute Gasteiger partial charge is 0.340 e. The Morgan fingerprint density at radius 1 is 1.08 bits per heavy atom. The third-order valence-corrected chi connectivity index (χ3v) is 4.50. The molecule has 0 unspecified atom stereocenters. The molecule has 6 heteroatoms. The second-order valence-corrected chi connectivity index (χ2v) is 6.16. The molecule has 0 atom stereocenters. The monoisotopic (exact) mass is 343 g/mol. The molecule has 1 heterocycles. The number of rotatable bonds is 4. The number of benzene rings is 2. The normalized spacial score (nSPS) is 11.0. The van der Waals surface area contributed by atoms with Crippen molar-refractivity contribution in [2.24, 2.45) is 7.05 Å². The summed E-state index contributed by atoms with van der Waals surface area (Å²) >= 11 is 6.14. The Balaban J connectivity index is 1.84. The van der Waals surface area contributed by atoms with E-state index in [0.29, 0.717) is 11.6 Å². The topological polar surface area (TPSA) is 47.2 Å². The summed E-state index contributed by atoms with van der Waals surface area (Å²) in [5.41, 5.74) is 2.24. The van der Waals surface area contributed by atoms with Gasteiger partial charge in [0.15, 0.2) is 0 Å². The lowest BCUT2D eigenvalue weighted by molar-refractivity contribution is -0.131. The number of nitrogens with zero attached hydrogens (tertiary/aromatic N) is 3. The minimum absolute atomic E-state index is 0.00113. The quantitative estimate of drug-likeness (QED) is 0.731. The van der Waals surface area contributed by atoms with E-state index in [1.165, 1.54) is 4.57 Å². The first-order valence-corrected chi connectivity index (χ1v) is 7.98. The molecule has 0 aliphatic heterocycles. The van der Waals surface area contributed by atoms with Gasteiger partial charge in [-0.15, -0.1) is 0 Å². The Labute approximate surface area is 144 Å². The van der Waals surface area contributed by atoms with Crippen LogP contribution in [0.25, 0.3) is 11.0 Å². The highest BCUT2D eigenvalue weighted by molar-refractivity contribution is 6.31. The van der Waals surface area contributed by atoms with Gasteiger partial charge in [0.1, 0.15) is 6.54 Å². The van der Waals surface area contributed by atoms with E-state index in [0.717, 1.165) is 16.6 Å². The molecule has 3 rings (SSSR count). The van der Waals surface area contributed by atoms with Crippen LogP contribution in [0.5, 0.6) is 0 Å². The average molecular weight is 344 g/mol. The molecule has 0 aliphatic rings. The van der Waals surface area contributed by atoms with Crippen molar-refractivity contribution in [2.75, 3.05) is 7.05 Å². The second-order valence-electron chi connectivity index (χ2n) is 5.76. The maximum atomic E-state index is 12.5. The van der Waals surface area contributed by atoms with Crippen LogP contribution in [-0.4, -0.2) is 27.0 Å². The van der Waals surface area contributed by atoms with Crippen LogP contribution < -0.4 is 5.69 Å². The van der Waals surface area contributed by atoms with Crippen molar-refractivity contribution in [3.8, 4) is 0 Å². The third kappa shape index (κ3) is 2.95. The maximum Gasteiger partial charge on any atom is 0.329 e. The lowest BCUT2D eigenvalue weighted by Gasteiger charge is -2.18. The Kier molecular flexibility index (Phi) is 4.44. The molecule has 2 aromatic carbocycles. The molecule has 5 nitrogen and oxygen atoms in total. The van der Waals surface area contributed by atoms with Crippen LogP contribution >= 0.6 is 11.6 Å². The molecule has 1 aromatic heterocycles. The number of carbonyl (C=O) groups is 1. The van der Waals surface area contributed by atoms with Crippen LogP contribution in [0.3, 0.4) is 0 Å². The number of carbonyl (C=O) groups excluding carboxylic acids is 1. The van der Waals surface area contributed by atoms with Crippen molar-refractivity contribution >= 4 is 28.5 Å². The van der Waals surface area contributed by atoms with Gasteiger partial charge in [0.2, 0.25) is 5.91 Å². The summed E-state index contributed by atoms with van der Waals surface area (Å²) in [7, 11) is 3.42. The number of imidazole rings is 1. The highest BCUT2D eigenvalue weighted by atomic mass is 35.5. The highest BCUT2D eigenvalue weighted by Crippen LogP contribution is 2.17. The zero-order valence-corrected chi connectivity index (χ0v) is 14.3. The summed E-state index contributed by atoms with van der Waals surface area (Å²) in [6, 6.07) is 14.9. The summed E-state index contributed by atoms with van der Waals surface area (Å²) in [5, 5.41) is 0.625. The molecule has 0 N–H and O–H groups in total. The molecule has 0 fully saturated rings. The SMILES string of the molecule is CN(Cc1ccccc1Cl)C(=O)Cn1c(=O)n(C)c2ccccc21. The number of amides is 1. The Hall–Kier alpha value is -2.53. The Morgan fingerprint density at radius 3 is 2.42 bits per heavy atom. The summed E-state index contributed by atoms with van der Waals surface area (Å²) in [4.78, 5) is 26.5. The summed E-state index contributed by atoms with van der Waals surface area (Å²) in [6.45, 7) is 0.402. The fourth-order valence-electron chi connectivity index (χ4n) is 2.74. The van der Waals surface area contributed by atoms with Crippen molar-refractivity contribution in [3.05, 3.63) is 69.6 Å². The van der Waals surface area contributed by atoms with E-state index >= 15 is 0 Å². The summed E-state index contributed by atoms with van der Waals surface area (Å²) in [6.07, 6.45) is 0. The van der Waals surface area contributed by atoms with Gasteiger partial charge in [-0.2, -0.15) is 0 Å². The fourth-order valence-corrected chi connectivity index (χ4v) is 2.94. The first-order chi connectivity index (χ1) is 11.5. The number of aryl methyl sites for hydroxylation is 1. The van der Waals surface area contributed by atoms with Crippen LogP contribution in [0.4, 0.5) is 0 Å². The maximum absolute atomic E-state index is 12.5. The van der Waals surface area contributed by atoms with Crippen LogP contribution in [-0.2, 0) is 24.9 Å². The molecule has 0 saturated heterocycles. The Bertz CT molecular complexity index is 958. The van der Waals surface area contributed by atoms with Gasteiger partial charge in [-0.25, -0.2) is 4.79 Å². The number of hydrogen-bond acceptors (Lipinski definition) is 2. The van der Waals surface area contributed by atoms with Gasteiger partial charge >= 0.3 is 5.69 Å². The van der Waals surface area contributed by atoms with Crippen molar-refractivity contribution < 1.29 is 4.79 Å². The van der Waals surface area contributed by atoms with Gasteiger partial charge in [-0.3, -0.25) is 13.9 Å². The van der Waals surface area contributed by atoms with Crippen molar-refractivity contribution in [1.82, 2.24) is 14.0 Å². The van der Waals surface area contributed by atoms with E-state index in [-0.39, 0.29) is 18.1 Å². The zero-order valence-electron chi connectivity index (χ0n) is 13.6. The van der Waals surface area contributed by atoms with Crippen molar-refractivity contribution in [3.63, 3.8) is 0 Å². The molecule has 124 valence electrons. The van der Waals surface area contributed by atoms with Gasteiger partial charge in [0.05, 0.1) is 11.0 Å². The van der Waals surface area contributed by atoms with Crippen LogP contribution in [0, 0.1) is 0 Å². The smallest absolute Gasteiger partial charge is 0.329 e. The molecule has 0 bridgehead atoms. The first-order valence-electron chi connectivity index (χ1n) is 7.60. The Morgan fingerprint density at radius 2 is 1.71 bits per heavy atom. The van der Waals surface area contributed by atoms with Crippen LogP contribution in [0.1, 0.15) is 5.56 Å². The molecule has 0 radical (unpaired) electrons. The van der Waals surface area contributed by atoms with E-state index < -0.39 is 0 Å². The molecular formula is C18H18ClN3O2. The summed E-state index contributed by atoms with van der Waals surface area (Å²) < 4.78 is 3.05. The molecule has 0 aliphatic carbocycles. The number of para-hydroxylation sites is 2. The van der Waals surface area contributed by atoms with Gasteiger partial charge in [0.25, 0.3) is 0 Å². The number of fused-ring (bicyclic) bond motifs is 1. The third-order valence-electron chi connectivity index (χ3n) is 4.14. The second kappa shape index (κ2) is 6.53. The van der Waals surface area contributed by atoms with E-state index in [9.17, 15) is 9.59 Å². The first kappa shape index (κ1) is 16.3. The molecule has 3 aromatic rings. The lowest BCUT2D eigenvalue weighted by atomic mass is 10.2. The van der Waals surface area contributed by atoms with Crippen molar-refractivity contribution in [1.29, 1.82) is 0 Å². The molecule has 0 saturated carbocycles. The number of likely N-dealkylation sites (N-methyl/N-ethyl adjacent to an activating group) is 1. The van der Waals surface area contributed by atoms with Gasteiger partial charge in [0, 0.05) is 25.7 Å². The minimum Gasteiger partial charge on any atom is -0.340 e. The fraction of sp³-hybridized carbons (Fsp3) is 0.222. The molecular weight excluding hydrogens is 326 g/mol. The van der Waals surface area contributed by atoms with Crippen LogP contribution in [0.15, 0.2) is 53.3 Å². The van der Waals surface area contributed by atoms with Gasteiger partial charge in [-0.1, -0.05) is 41.9 Å². The summed E-state index contributed by atoms with van der Waals surface area (Å²) in [5.74, 6) is -0.145. The van der Waals surface area contributed by atoms with Crippen LogP contribution in [0.2, 0.25) is 5.02 Å². The lowest BCUT2D eigenvalue weighted by Crippen LogP contribution is -2.33. The predicted octanol–water partition coefficient (Wildman–Crippen LogP) is 2.65. The number of halogens is 1. The number of aromatic nitrogens is 2. The predicted molar refractivity (Wildman–Crippen MR) is 95.1 cm³/mol. The van der Waals surface area contributed by atoms with E-state index in [4.69, 9.17) is 11.6 Å². The number of hydrogen-bond donors (Lipinski definition) is 0. The van der Waals surface area contributed by atoms with E-state index in [1.54, 1.807) is 29.6 Å². The zero-order chi connectivity index (χ0) is 17.3. The molecule has 1 amide bonds.